The lowest BCUT2D eigenvalue weighted by Gasteiger charge is -2.20. The molecule has 1 amide bonds. The number of benzene rings is 1. The molecule has 0 N–H and O–H groups in total. The predicted molar refractivity (Wildman–Crippen MR) is 77.7 cm³/mol. The van der Waals surface area contributed by atoms with E-state index in [-0.39, 0.29) is 19.1 Å². The Balaban J connectivity index is 2.13. The third-order valence-electron chi connectivity index (χ3n) is 2.70. The van der Waals surface area contributed by atoms with Crippen molar-refractivity contribution in [1.29, 1.82) is 0 Å². The highest BCUT2D eigenvalue weighted by Gasteiger charge is 2.21. The largest absolute Gasteiger partial charge is 0.465 e. The van der Waals surface area contributed by atoms with Crippen molar-refractivity contribution in [1.82, 2.24) is 14.5 Å². The van der Waals surface area contributed by atoms with Crippen LogP contribution < -0.4 is 0 Å². The molecule has 21 heavy (non-hydrogen) atoms. The highest BCUT2D eigenvalue weighted by Crippen LogP contribution is 2.12. The van der Waals surface area contributed by atoms with Crippen LogP contribution >= 0.6 is 11.5 Å². The number of nitrogens with zero attached hydrogens (tertiary/aromatic N) is 3. The van der Waals surface area contributed by atoms with Crippen molar-refractivity contribution < 1.29 is 14.3 Å². The molecule has 110 valence electrons. The van der Waals surface area contributed by atoms with Crippen LogP contribution in [0.4, 0.5) is 0 Å². The Kier molecular flexibility index (Phi) is 5.39. The molecule has 0 atom stereocenters. The average Bonchev–Trinajstić information content (AvgIpc) is 3.01. The zero-order valence-electron chi connectivity index (χ0n) is 11.6. The molecule has 2 aromatic rings. The summed E-state index contributed by atoms with van der Waals surface area (Å²) in [4.78, 5) is 25.9. The van der Waals surface area contributed by atoms with Gasteiger partial charge in [-0.15, -0.1) is 5.10 Å². The molecule has 6 nitrogen and oxygen atoms in total. The minimum Gasteiger partial charge on any atom is -0.465 e. The van der Waals surface area contributed by atoms with Crippen LogP contribution in [0.5, 0.6) is 0 Å². The maximum Gasteiger partial charge on any atom is 0.325 e. The lowest BCUT2D eigenvalue weighted by atomic mass is 10.2. The van der Waals surface area contributed by atoms with E-state index in [2.05, 4.69) is 9.59 Å². The molecule has 1 heterocycles. The van der Waals surface area contributed by atoms with Gasteiger partial charge in [-0.25, -0.2) is 0 Å². The van der Waals surface area contributed by atoms with Gasteiger partial charge in [-0.05, 0) is 24.0 Å². The van der Waals surface area contributed by atoms with Crippen LogP contribution in [0.2, 0.25) is 0 Å². The fraction of sp³-hybridized carbons (Fsp3) is 0.286. The van der Waals surface area contributed by atoms with Gasteiger partial charge in [0, 0.05) is 6.54 Å². The molecule has 2 rings (SSSR count). The molecular formula is C14H15N3O3S. The van der Waals surface area contributed by atoms with Gasteiger partial charge in [0.1, 0.15) is 11.4 Å². The summed E-state index contributed by atoms with van der Waals surface area (Å²) < 4.78 is 8.59. The number of rotatable bonds is 6. The van der Waals surface area contributed by atoms with Crippen molar-refractivity contribution in [3.05, 3.63) is 47.0 Å². The maximum atomic E-state index is 12.4. The van der Waals surface area contributed by atoms with Crippen LogP contribution in [0.15, 0.2) is 36.5 Å². The number of carbonyl (C=O) groups excluding carboxylic acids is 2. The number of carbonyl (C=O) groups is 2. The molecule has 0 unspecified atom stereocenters. The van der Waals surface area contributed by atoms with Crippen molar-refractivity contribution in [3.8, 4) is 0 Å². The molecule has 0 saturated carbocycles. The fourth-order valence-electron chi connectivity index (χ4n) is 1.78. The minimum atomic E-state index is -0.431. The van der Waals surface area contributed by atoms with Crippen LogP contribution in [-0.4, -0.2) is 39.5 Å². The van der Waals surface area contributed by atoms with Gasteiger partial charge < -0.3 is 9.64 Å². The van der Waals surface area contributed by atoms with Crippen LogP contribution in [-0.2, 0) is 16.1 Å². The van der Waals surface area contributed by atoms with E-state index >= 15 is 0 Å². The Morgan fingerprint density at radius 1 is 1.29 bits per heavy atom. The zero-order chi connectivity index (χ0) is 15.1. The van der Waals surface area contributed by atoms with Crippen molar-refractivity contribution in [2.45, 2.75) is 13.5 Å². The molecule has 0 saturated heterocycles. The Labute approximate surface area is 126 Å². The molecule has 0 fully saturated rings. The third-order valence-corrected chi connectivity index (χ3v) is 3.35. The summed E-state index contributed by atoms with van der Waals surface area (Å²) in [5, 5.41) is 3.65. The molecule has 0 aliphatic rings. The molecule has 1 aromatic carbocycles. The van der Waals surface area contributed by atoms with E-state index in [9.17, 15) is 9.59 Å². The monoisotopic (exact) mass is 305 g/mol. The first-order valence-corrected chi connectivity index (χ1v) is 7.24. The molecule has 0 aliphatic carbocycles. The lowest BCUT2D eigenvalue weighted by Crippen LogP contribution is -2.35. The third kappa shape index (κ3) is 4.35. The number of amides is 1. The van der Waals surface area contributed by atoms with Crippen molar-refractivity contribution in [2.24, 2.45) is 0 Å². The van der Waals surface area contributed by atoms with Crippen LogP contribution in [0, 0.1) is 0 Å². The summed E-state index contributed by atoms with van der Waals surface area (Å²) in [5.41, 5.74) is 0.938. The van der Waals surface area contributed by atoms with Gasteiger partial charge in [0.2, 0.25) is 0 Å². The van der Waals surface area contributed by atoms with E-state index in [0.717, 1.165) is 17.1 Å². The summed E-state index contributed by atoms with van der Waals surface area (Å²) in [5.74, 6) is -0.707. The van der Waals surface area contributed by atoms with E-state index in [4.69, 9.17) is 4.74 Å². The zero-order valence-corrected chi connectivity index (χ0v) is 12.4. The highest BCUT2D eigenvalue weighted by molar-refractivity contribution is 7.07. The van der Waals surface area contributed by atoms with Gasteiger partial charge in [-0.1, -0.05) is 34.8 Å². The second kappa shape index (κ2) is 7.49. The average molecular weight is 305 g/mol. The van der Waals surface area contributed by atoms with Crippen molar-refractivity contribution in [2.75, 3.05) is 13.2 Å². The first-order valence-electron chi connectivity index (χ1n) is 6.47. The number of esters is 1. The van der Waals surface area contributed by atoms with Crippen LogP contribution in [0.1, 0.15) is 22.2 Å². The van der Waals surface area contributed by atoms with Gasteiger partial charge in [0.25, 0.3) is 5.91 Å². The second-order valence-corrected chi connectivity index (χ2v) is 5.02. The van der Waals surface area contributed by atoms with E-state index < -0.39 is 5.97 Å². The summed E-state index contributed by atoms with van der Waals surface area (Å²) in [6.45, 7) is 2.25. The van der Waals surface area contributed by atoms with Gasteiger partial charge >= 0.3 is 5.97 Å². The Morgan fingerprint density at radius 3 is 2.67 bits per heavy atom. The van der Waals surface area contributed by atoms with Gasteiger partial charge in [0.05, 0.1) is 12.8 Å². The lowest BCUT2D eigenvalue weighted by molar-refractivity contribution is -0.143. The Hall–Kier alpha value is -2.28. The molecule has 1 aromatic heterocycles. The number of aromatic nitrogens is 2. The van der Waals surface area contributed by atoms with E-state index in [1.165, 1.54) is 11.1 Å². The normalized spacial score (nSPS) is 10.1. The molecule has 7 heteroatoms. The SMILES string of the molecule is CCOC(=O)CN(Cc1ccccc1)C(=O)c1cnns1. The summed E-state index contributed by atoms with van der Waals surface area (Å²) in [7, 11) is 0. The summed E-state index contributed by atoms with van der Waals surface area (Å²) >= 11 is 1.01. The van der Waals surface area contributed by atoms with E-state index in [0.29, 0.717) is 11.4 Å². The minimum absolute atomic E-state index is 0.0978. The topological polar surface area (TPSA) is 72.4 Å². The first kappa shape index (κ1) is 15.1. The quantitative estimate of drug-likeness (QED) is 0.760. The molecule has 0 spiro atoms. The fourth-order valence-corrected chi connectivity index (χ4v) is 2.27. The summed E-state index contributed by atoms with van der Waals surface area (Å²) in [6.07, 6.45) is 1.40. The van der Waals surface area contributed by atoms with Gasteiger partial charge in [-0.3, -0.25) is 9.59 Å². The highest BCUT2D eigenvalue weighted by atomic mass is 32.1. The standard InChI is InChI=1S/C14H15N3O3S/c1-2-20-13(18)10-17(9-11-6-4-3-5-7-11)14(19)12-8-15-16-21-12/h3-8H,2,9-10H2,1H3. The number of hydrogen-bond acceptors (Lipinski definition) is 6. The number of ether oxygens (including phenoxy) is 1. The van der Waals surface area contributed by atoms with Crippen LogP contribution in [0.25, 0.3) is 0 Å². The summed E-state index contributed by atoms with van der Waals surface area (Å²) in [6, 6.07) is 9.47. The maximum absolute atomic E-state index is 12.4. The van der Waals surface area contributed by atoms with Gasteiger partial charge in [-0.2, -0.15) is 0 Å². The molecular weight excluding hydrogens is 290 g/mol. The van der Waals surface area contributed by atoms with E-state index in [1.807, 2.05) is 30.3 Å². The number of hydrogen-bond donors (Lipinski definition) is 0. The first-order chi connectivity index (χ1) is 10.2. The molecule has 0 bridgehead atoms. The Morgan fingerprint density at radius 2 is 2.05 bits per heavy atom. The van der Waals surface area contributed by atoms with Gasteiger partial charge in [0.15, 0.2) is 0 Å². The Bertz CT molecular complexity index is 587. The van der Waals surface area contributed by atoms with Crippen molar-refractivity contribution >= 4 is 23.4 Å². The predicted octanol–water partition coefficient (Wildman–Crippen LogP) is 1.74. The van der Waals surface area contributed by atoms with Crippen LogP contribution in [0.3, 0.4) is 0 Å². The molecule has 0 radical (unpaired) electrons. The smallest absolute Gasteiger partial charge is 0.325 e. The van der Waals surface area contributed by atoms with E-state index in [1.54, 1.807) is 6.92 Å². The molecule has 0 aliphatic heterocycles. The van der Waals surface area contributed by atoms with Crippen molar-refractivity contribution in [3.63, 3.8) is 0 Å². The second-order valence-electron chi connectivity index (χ2n) is 4.23.